The van der Waals surface area contributed by atoms with E-state index in [0.717, 1.165) is 33.0 Å². The van der Waals surface area contributed by atoms with Gasteiger partial charge in [0.05, 0.1) is 11.5 Å². The molecule has 1 aliphatic rings. The number of nitrogens with zero attached hydrogens (tertiary/aromatic N) is 3. The Morgan fingerprint density at radius 3 is 2.71 bits per heavy atom. The SMILES string of the molecule is C=c1cc(C)c2cn([C@@H]3O[C@H](C)[C@H](C)C3(C)C)c3ncnc([nH]1)c23. The number of rotatable bonds is 1. The fourth-order valence-corrected chi connectivity index (χ4v) is 3.94. The normalized spacial score (nSPS) is 26.5. The van der Waals surface area contributed by atoms with Gasteiger partial charge in [0.15, 0.2) is 0 Å². The van der Waals surface area contributed by atoms with Gasteiger partial charge in [0.1, 0.15) is 23.8 Å². The smallest absolute Gasteiger partial charge is 0.148 e. The van der Waals surface area contributed by atoms with Crippen molar-refractivity contribution in [3.05, 3.63) is 29.5 Å². The van der Waals surface area contributed by atoms with E-state index < -0.39 is 0 Å². The molecule has 0 radical (unpaired) electrons. The first-order chi connectivity index (χ1) is 11.3. The standard InChI is InChI=1S/C19H24N4O/c1-10-7-11(2)22-16-15-14(10)8-23(17(15)21-9-20-16)18-19(5,6)12(3)13(4)24-18/h7-9,12-13,18H,2H2,1,3-6H3,(H,20,21,22)/t12-,13+,18+/m0/s1. The molecule has 3 aromatic heterocycles. The lowest BCUT2D eigenvalue weighted by Crippen LogP contribution is -2.27. The van der Waals surface area contributed by atoms with Gasteiger partial charge in [-0.05, 0) is 31.4 Å². The van der Waals surface area contributed by atoms with Crippen LogP contribution in [-0.2, 0) is 4.74 Å². The number of aromatic nitrogens is 4. The van der Waals surface area contributed by atoms with E-state index in [9.17, 15) is 0 Å². The second-order valence-electron chi connectivity index (χ2n) is 7.65. The van der Waals surface area contributed by atoms with Crippen LogP contribution in [0.5, 0.6) is 0 Å². The third-order valence-electron chi connectivity index (χ3n) is 5.81. The van der Waals surface area contributed by atoms with Crippen LogP contribution in [0.4, 0.5) is 0 Å². The first-order valence-corrected chi connectivity index (χ1v) is 8.46. The molecule has 5 heteroatoms. The van der Waals surface area contributed by atoms with Gasteiger partial charge in [-0.2, -0.15) is 0 Å². The summed E-state index contributed by atoms with van der Waals surface area (Å²) < 4.78 is 8.52. The van der Waals surface area contributed by atoms with Crippen molar-refractivity contribution in [2.24, 2.45) is 11.3 Å². The van der Waals surface area contributed by atoms with Crippen molar-refractivity contribution in [1.82, 2.24) is 19.5 Å². The van der Waals surface area contributed by atoms with E-state index in [2.05, 4.69) is 66.9 Å². The first kappa shape index (κ1) is 15.4. The lowest BCUT2D eigenvalue weighted by atomic mass is 9.78. The third kappa shape index (κ3) is 1.97. The second-order valence-corrected chi connectivity index (χ2v) is 7.65. The number of aryl methyl sites for hydroxylation is 1. The summed E-state index contributed by atoms with van der Waals surface area (Å²) in [5.74, 6) is 0.465. The summed E-state index contributed by atoms with van der Waals surface area (Å²) in [6, 6.07) is 2.05. The van der Waals surface area contributed by atoms with Crippen LogP contribution in [0.15, 0.2) is 18.6 Å². The van der Waals surface area contributed by atoms with E-state index >= 15 is 0 Å². The molecule has 3 aromatic rings. The van der Waals surface area contributed by atoms with Gasteiger partial charge in [0.2, 0.25) is 0 Å². The van der Waals surface area contributed by atoms with Crippen molar-refractivity contribution < 1.29 is 4.74 Å². The Morgan fingerprint density at radius 2 is 2.04 bits per heavy atom. The molecule has 5 nitrogen and oxygen atoms in total. The average Bonchev–Trinajstić information content (AvgIpc) is 2.94. The lowest BCUT2D eigenvalue weighted by molar-refractivity contribution is -0.0220. The fourth-order valence-electron chi connectivity index (χ4n) is 3.94. The highest BCUT2D eigenvalue weighted by atomic mass is 16.5. The minimum Gasteiger partial charge on any atom is -0.354 e. The van der Waals surface area contributed by atoms with Crippen LogP contribution in [-0.4, -0.2) is 25.6 Å². The molecular formula is C19H24N4O. The first-order valence-electron chi connectivity index (χ1n) is 8.46. The van der Waals surface area contributed by atoms with Gasteiger partial charge in [-0.3, -0.25) is 0 Å². The molecule has 0 aliphatic carbocycles. The minimum atomic E-state index is -0.0445. The summed E-state index contributed by atoms with van der Waals surface area (Å²) in [6.07, 6.45) is 3.94. The summed E-state index contributed by atoms with van der Waals surface area (Å²) in [4.78, 5) is 12.3. The van der Waals surface area contributed by atoms with Gasteiger partial charge in [0, 0.05) is 22.3 Å². The topological polar surface area (TPSA) is 55.7 Å². The van der Waals surface area contributed by atoms with Gasteiger partial charge >= 0.3 is 0 Å². The number of H-pyrrole nitrogens is 1. The van der Waals surface area contributed by atoms with Crippen molar-refractivity contribution in [2.45, 2.75) is 47.0 Å². The molecule has 0 aromatic carbocycles. The van der Waals surface area contributed by atoms with Crippen molar-refractivity contribution in [3.8, 4) is 0 Å². The van der Waals surface area contributed by atoms with E-state index in [1.165, 1.54) is 0 Å². The zero-order chi connectivity index (χ0) is 17.2. The summed E-state index contributed by atoms with van der Waals surface area (Å²) >= 11 is 0. The summed E-state index contributed by atoms with van der Waals surface area (Å²) in [7, 11) is 0. The van der Waals surface area contributed by atoms with Crippen molar-refractivity contribution in [1.29, 1.82) is 0 Å². The van der Waals surface area contributed by atoms with Crippen LogP contribution in [0.25, 0.3) is 28.6 Å². The van der Waals surface area contributed by atoms with E-state index in [-0.39, 0.29) is 17.7 Å². The predicted octanol–water partition coefficient (Wildman–Crippen LogP) is 3.49. The highest BCUT2D eigenvalue weighted by Crippen LogP contribution is 2.50. The Hall–Kier alpha value is -2.14. The molecule has 126 valence electrons. The number of nitrogens with one attached hydrogen (secondary N) is 1. The Labute approximate surface area is 141 Å². The van der Waals surface area contributed by atoms with Gasteiger partial charge in [0.25, 0.3) is 0 Å². The molecule has 4 rings (SSSR count). The molecule has 4 heterocycles. The number of hydrogen-bond acceptors (Lipinski definition) is 3. The minimum absolute atomic E-state index is 0.0203. The number of hydrogen-bond donors (Lipinski definition) is 1. The second kappa shape index (κ2) is 4.93. The van der Waals surface area contributed by atoms with Gasteiger partial charge < -0.3 is 14.3 Å². The number of ether oxygens (including phenoxy) is 1. The molecule has 1 fully saturated rings. The summed E-state index contributed by atoms with van der Waals surface area (Å²) in [6.45, 7) is 15.1. The maximum Gasteiger partial charge on any atom is 0.148 e. The molecule has 0 amide bonds. The number of aromatic amines is 1. The Bertz CT molecular complexity index is 998. The van der Waals surface area contributed by atoms with E-state index in [1.54, 1.807) is 6.33 Å². The highest BCUT2D eigenvalue weighted by Gasteiger charge is 2.47. The van der Waals surface area contributed by atoms with Crippen LogP contribution < -0.4 is 5.35 Å². The molecule has 0 saturated carbocycles. The van der Waals surface area contributed by atoms with Crippen LogP contribution in [0.3, 0.4) is 0 Å². The maximum atomic E-state index is 6.33. The third-order valence-corrected chi connectivity index (χ3v) is 5.81. The lowest BCUT2D eigenvalue weighted by Gasteiger charge is -2.30. The van der Waals surface area contributed by atoms with E-state index in [1.807, 2.05) is 6.07 Å². The van der Waals surface area contributed by atoms with Crippen LogP contribution in [0.1, 0.15) is 39.5 Å². The molecule has 1 N–H and O–H groups in total. The zero-order valence-electron chi connectivity index (χ0n) is 14.9. The van der Waals surface area contributed by atoms with Crippen molar-refractivity contribution in [3.63, 3.8) is 0 Å². The quantitative estimate of drug-likeness (QED) is 0.745. The summed E-state index contributed by atoms with van der Waals surface area (Å²) in [5.41, 5.74) is 2.89. The average molecular weight is 324 g/mol. The monoisotopic (exact) mass is 324 g/mol. The maximum absolute atomic E-state index is 6.33. The van der Waals surface area contributed by atoms with Gasteiger partial charge in [-0.1, -0.05) is 27.4 Å². The van der Waals surface area contributed by atoms with Crippen LogP contribution in [0.2, 0.25) is 0 Å². The summed E-state index contributed by atoms with van der Waals surface area (Å²) in [5, 5.41) is 3.02. The van der Waals surface area contributed by atoms with Crippen molar-refractivity contribution in [2.75, 3.05) is 0 Å². The Kier molecular flexibility index (Phi) is 3.16. The van der Waals surface area contributed by atoms with Gasteiger partial charge in [-0.15, -0.1) is 0 Å². The molecule has 0 unspecified atom stereocenters. The van der Waals surface area contributed by atoms with E-state index in [4.69, 9.17) is 4.74 Å². The van der Waals surface area contributed by atoms with Crippen LogP contribution >= 0.6 is 0 Å². The Morgan fingerprint density at radius 1 is 1.29 bits per heavy atom. The fraction of sp³-hybridized carbons (Fsp3) is 0.474. The molecule has 0 bridgehead atoms. The Balaban J connectivity index is 2.06. The largest absolute Gasteiger partial charge is 0.354 e. The predicted molar refractivity (Wildman–Crippen MR) is 96.2 cm³/mol. The highest BCUT2D eigenvalue weighted by molar-refractivity contribution is 6.05. The molecule has 1 saturated heterocycles. The van der Waals surface area contributed by atoms with Crippen LogP contribution in [0, 0.1) is 18.3 Å². The molecule has 0 spiro atoms. The molecule has 3 atom stereocenters. The molecule has 24 heavy (non-hydrogen) atoms. The zero-order valence-corrected chi connectivity index (χ0v) is 14.9. The molecular weight excluding hydrogens is 300 g/mol. The molecule has 1 aliphatic heterocycles. The van der Waals surface area contributed by atoms with Gasteiger partial charge in [-0.25, -0.2) is 9.97 Å². The van der Waals surface area contributed by atoms with Crippen molar-refractivity contribution >= 4 is 28.6 Å². The van der Waals surface area contributed by atoms with E-state index in [0.29, 0.717) is 5.92 Å².